The second kappa shape index (κ2) is 8.62. The first-order chi connectivity index (χ1) is 13.1. The van der Waals surface area contributed by atoms with Gasteiger partial charge in [0.05, 0.1) is 17.2 Å². The average molecular weight is 364 g/mol. The predicted octanol–water partition coefficient (Wildman–Crippen LogP) is 3.72. The number of nitrogens with zero attached hydrogens (tertiary/aromatic N) is 1. The van der Waals surface area contributed by atoms with E-state index < -0.39 is 0 Å². The minimum atomic E-state index is -0.325. The molecule has 2 aromatic carbocycles. The van der Waals surface area contributed by atoms with E-state index in [1.807, 2.05) is 30.3 Å². The van der Waals surface area contributed by atoms with Crippen LogP contribution in [0.5, 0.6) is 0 Å². The molecular formula is C22H24N2O3. The maximum Gasteiger partial charge on any atom is 0.261 e. The lowest BCUT2D eigenvalue weighted by Crippen LogP contribution is -2.35. The van der Waals surface area contributed by atoms with Crippen molar-refractivity contribution in [1.82, 2.24) is 10.2 Å². The number of amides is 3. The Bertz CT molecular complexity index is 797. The van der Waals surface area contributed by atoms with Gasteiger partial charge in [-0.1, -0.05) is 62.2 Å². The lowest BCUT2D eigenvalue weighted by Gasteiger charge is -2.20. The van der Waals surface area contributed by atoms with Gasteiger partial charge in [0, 0.05) is 13.0 Å². The minimum Gasteiger partial charge on any atom is -0.349 e. The van der Waals surface area contributed by atoms with Gasteiger partial charge >= 0.3 is 0 Å². The summed E-state index contributed by atoms with van der Waals surface area (Å²) in [4.78, 5) is 38.4. The molecule has 1 aliphatic heterocycles. The van der Waals surface area contributed by atoms with Crippen molar-refractivity contribution in [2.45, 2.75) is 38.6 Å². The molecule has 0 aromatic heterocycles. The molecule has 0 bridgehead atoms. The summed E-state index contributed by atoms with van der Waals surface area (Å²) in [5.74, 6) is -0.806. The van der Waals surface area contributed by atoms with Gasteiger partial charge in [-0.2, -0.15) is 0 Å². The Hall–Kier alpha value is -2.95. The second-order valence-corrected chi connectivity index (χ2v) is 6.73. The standard InChI is InChI=1S/C22H24N2O3/c1-2-3-13-19(16-9-5-4-6-10-16)23-20(25)14-15-24-21(26)17-11-7-8-12-18(17)22(24)27/h4-12,19H,2-3,13-15H2,1H3,(H,23,25)/t19-/m1/s1. The topological polar surface area (TPSA) is 66.5 Å². The largest absolute Gasteiger partial charge is 0.349 e. The van der Waals surface area contributed by atoms with Crippen LogP contribution in [-0.2, 0) is 4.79 Å². The zero-order valence-electron chi connectivity index (χ0n) is 15.5. The molecule has 1 N–H and O–H groups in total. The highest BCUT2D eigenvalue weighted by Gasteiger charge is 2.35. The highest BCUT2D eigenvalue weighted by Crippen LogP contribution is 2.23. The second-order valence-electron chi connectivity index (χ2n) is 6.73. The zero-order valence-corrected chi connectivity index (χ0v) is 15.5. The summed E-state index contributed by atoms with van der Waals surface area (Å²) in [5, 5.41) is 3.05. The van der Waals surface area contributed by atoms with Gasteiger partial charge in [-0.05, 0) is 24.1 Å². The molecule has 1 atom stereocenters. The Kier molecular flexibility index (Phi) is 6.01. The van der Waals surface area contributed by atoms with Crippen molar-refractivity contribution in [3.05, 3.63) is 71.3 Å². The summed E-state index contributed by atoms with van der Waals surface area (Å²) in [6.45, 7) is 2.21. The zero-order chi connectivity index (χ0) is 19.2. The van der Waals surface area contributed by atoms with Gasteiger partial charge in [-0.15, -0.1) is 0 Å². The van der Waals surface area contributed by atoms with E-state index in [0.29, 0.717) is 11.1 Å². The molecule has 3 rings (SSSR count). The summed E-state index contributed by atoms with van der Waals surface area (Å²) in [5.41, 5.74) is 1.89. The van der Waals surface area contributed by atoms with Gasteiger partial charge in [-0.25, -0.2) is 0 Å². The van der Waals surface area contributed by atoms with Gasteiger partial charge < -0.3 is 5.32 Å². The van der Waals surface area contributed by atoms with Crippen LogP contribution < -0.4 is 5.32 Å². The van der Waals surface area contributed by atoms with Crippen LogP contribution in [0.4, 0.5) is 0 Å². The summed E-state index contributed by atoms with van der Waals surface area (Å²) in [6.07, 6.45) is 3.02. The fourth-order valence-corrected chi connectivity index (χ4v) is 3.34. The van der Waals surface area contributed by atoms with Crippen molar-refractivity contribution in [1.29, 1.82) is 0 Å². The number of unbranched alkanes of at least 4 members (excludes halogenated alkanes) is 1. The predicted molar refractivity (Wildman–Crippen MR) is 103 cm³/mol. The monoisotopic (exact) mass is 364 g/mol. The van der Waals surface area contributed by atoms with Gasteiger partial charge in [0.25, 0.3) is 11.8 Å². The van der Waals surface area contributed by atoms with Crippen molar-refractivity contribution in [2.75, 3.05) is 6.54 Å². The molecule has 0 unspecified atom stereocenters. The fourth-order valence-electron chi connectivity index (χ4n) is 3.34. The van der Waals surface area contributed by atoms with Crippen molar-refractivity contribution in [3.8, 4) is 0 Å². The molecular weight excluding hydrogens is 340 g/mol. The van der Waals surface area contributed by atoms with Gasteiger partial charge in [-0.3, -0.25) is 19.3 Å². The Morgan fingerprint density at radius 3 is 2.15 bits per heavy atom. The molecule has 5 nitrogen and oxygen atoms in total. The fraction of sp³-hybridized carbons (Fsp3) is 0.318. The molecule has 0 aliphatic carbocycles. The summed E-state index contributed by atoms with van der Waals surface area (Å²) in [6, 6.07) is 16.6. The Morgan fingerprint density at radius 1 is 0.963 bits per heavy atom. The van der Waals surface area contributed by atoms with Gasteiger partial charge in [0.15, 0.2) is 0 Å². The van der Waals surface area contributed by atoms with Crippen molar-refractivity contribution in [3.63, 3.8) is 0 Å². The lowest BCUT2D eigenvalue weighted by molar-refractivity contribution is -0.122. The molecule has 1 aliphatic rings. The molecule has 5 heteroatoms. The summed E-state index contributed by atoms with van der Waals surface area (Å²) in [7, 11) is 0. The van der Waals surface area contributed by atoms with E-state index in [-0.39, 0.29) is 36.7 Å². The lowest BCUT2D eigenvalue weighted by atomic mass is 10.0. The number of carbonyl (C=O) groups is 3. The number of nitrogens with one attached hydrogen (secondary N) is 1. The third kappa shape index (κ3) is 4.25. The number of benzene rings is 2. The maximum absolute atomic E-state index is 12.5. The average Bonchev–Trinajstić information content (AvgIpc) is 2.95. The van der Waals surface area contributed by atoms with E-state index in [1.165, 1.54) is 0 Å². The first-order valence-corrected chi connectivity index (χ1v) is 9.41. The van der Waals surface area contributed by atoms with Crippen molar-refractivity contribution >= 4 is 17.7 Å². The molecule has 0 saturated heterocycles. The smallest absolute Gasteiger partial charge is 0.261 e. The Balaban J connectivity index is 1.60. The van der Waals surface area contributed by atoms with Crippen molar-refractivity contribution in [2.24, 2.45) is 0 Å². The van der Waals surface area contributed by atoms with Gasteiger partial charge in [0.1, 0.15) is 0 Å². The van der Waals surface area contributed by atoms with Crippen LogP contribution in [0.3, 0.4) is 0 Å². The highest BCUT2D eigenvalue weighted by molar-refractivity contribution is 6.21. The van der Waals surface area contributed by atoms with Crippen LogP contribution in [0.25, 0.3) is 0 Å². The van der Waals surface area contributed by atoms with E-state index in [4.69, 9.17) is 0 Å². The van der Waals surface area contributed by atoms with Crippen LogP contribution in [0.1, 0.15) is 64.9 Å². The third-order valence-corrected chi connectivity index (χ3v) is 4.82. The number of fused-ring (bicyclic) bond motifs is 1. The molecule has 140 valence electrons. The first-order valence-electron chi connectivity index (χ1n) is 9.41. The van der Waals surface area contributed by atoms with E-state index in [2.05, 4.69) is 12.2 Å². The minimum absolute atomic E-state index is 0.0548. The molecule has 2 aromatic rings. The number of imide groups is 1. The van der Waals surface area contributed by atoms with Crippen LogP contribution in [0.15, 0.2) is 54.6 Å². The molecule has 27 heavy (non-hydrogen) atoms. The normalized spacial score (nSPS) is 14.2. The first kappa shape index (κ1) is 18.8. The number of carbonyl (C=O) groups excluding carboxylic acids is 3. The SMILES string of the molecule is CCCC[C@@H](NC(=O)CCN1C(=O)c2ccccc2C1=O)c1ccccc1. The van der Waals surface area contributed by atoms with Crippen molar-refractivity contribution < 1.29 is 14.4 Å². The molecule has 0 radical (unpaired) electrons. The quantitative estimate of drug-likeness (QED) is 0.726. The molecule has 1 heterocycles. The Labute approximate surface area is 159 Å². The number of hydrogen-bond donors (Lipinski definition) is 1. The van der Waals surface area contributed by atoms with E-state index >= 15 is 0 Å². The van der Waals surface area contributed by atoms with Crippen LogP contribution >= 0.6 is 0 Å². The van der Waals surface area contributed by atoms with Gasteiger partial charge in [0.2, 0.25) is 5.91 Å². The molecule has 0 fully saturated rings. The van der Waals surface area contributed by atoms with E-state index in [0.717, 1.165) is 29.7 Å². The van der Waals surface area contributed by atoms with Crippen LogP contribution in [-0.4, -0.2) is 29.2 Å². The summed E-state index contributed by atoms with van der Waals surface area (Å²) >= 11 is 0. The van der Waals surface area contributed by atoms with E-state index in [1.54, 1.807) is 24.3 Å². The van der Waals surface area contributed by atoms with E-state index in [9.17, 15) is 14.4 Å². The van der Waals surface area contributed by atoms with Crippen LogP contribution in [0.2, 0.25) is 0 Å². The Morgan fingerprint density at radius 2 is 1.56 bits per heavy atom. The highest BCUT2D eigenvalue weighted by atomic mass is 16.2. The number of rotatable bonds is 8. The summed E-state index contributed by atoms with van der Waals surface area (Å²) < 4.78 is 0. The third-order valence-electron chi connectivity index (χ3n) is 4.82. The molecule has 0 spiro atoms. The molecule has 0 saturated carbocycles. The number of hydrogen-bond acceptors (Lipinski definition) is 3. The molecule has 3 amide bonds. The maximum atomic E-state index is 12.5. The van der Waals surface area contributed by atoms with Crippen LogP contribution in [0, 0.1) is 0 Å².